The zero-order valence-electron chi connectivity index (χ0n) is 11.4. The van der Waals surface area contributed by atoms with Crippen LogP contribution in [0.15, 0.2) is 48.9 Å². The molecule has 0 aliphatic carbocycles. The van der Waals surface area contributed by atoms with Crippen LogP contribution < -0.4 is 0 Å². The molecular formula is C15H12N6. The Morgan fingerprint density at radius 3 is 2.71 bits per heavy atom. The summed E-state index contributed by atoms with van der Waals surface area (Å²) in [7, 11) is 0. The van der Waals surface area contributed by atoms with Crippen LogP contribution in [0.4, 0.5) is 0 Å². The van der Waals surface area contributed by atoms with Gasteiger partial charge in [-0.15, -0.1) is 0 Å². The first kappa shape index (κ1) is 11.8. The van der Waals surface area contributed by atoms with Crippen LogP contribution in [0.3, 0.4) is 0 Å². The second kappa shape index (κ2) is 4.52. The van der Waals surface area contributed by atoms with Gasteiger partial charge in [0.15, 0.2) is 5.65 Å². The monoisotopic (exact) mass is 276 g/mol. The number of aromatic amines is 1. The van der Waals surface area contributed by atoms with Gasteiger partial charge in [0, 0.05) is 17.3 Å². The molecule has 0 fully saturated rings. The van der Waals surface area contributed by atoms with Crippen LogP contribution in [-0.2, 0) is 0 Å². The zero-order chi connectivity index (χ0) is 14.2. The average molecular weight is 276 g/mol. The average Bonchev–Trinajstić information content (AvgIpc) is 3.15. The van der Waals surface area contributed by atoms with E-state index in [4.69, 9.17) is 0 Å². The first-order chi connectivity index (χ1) is 10.3. The molecule has 4 rings (SSSR count). The lowest BCUT2D eigenvalue weighted by Crippen LogP contribution is -1.90. The first-order valence-electron chi connectivity index (χ1n) is 6.59. The molecule has 102 valence electrons. The van der Waals surface area contributed by atoms with Crippen molar-refractivity contribution in [2.24, 2.45) is 0 Å². The number of nitrogens with one attached hydrogen (secondary N) is 1. The van der Waals surface area contributed by atoms with Gasteiger partial charge in [-0.05, 0) is 25.1 Å². The predicted molar refractivity (Wildman–Crippen MR) is 78.5 cm³/mol. The summed E-state index contributed by atoms with van der Waals surface area (Å²) >= 11 is 0. The number of aromatic nitrogens is 6. The second-order valence-corrected chi connectivity index (χ2v) is 4.87. The van der Waals surface area contributed by atoms with Crippen LogP contribution in [-0.4, -0.2) is 30.0 Å². The van der Waals surface area contributed by atoms with Gasteiger partial charge in [-0.2, -0.15) is 20.5 Å². The highest BCUT2D eigenvalue weighted by molar-refractivity contribution is 5.77. The van der Waals surface area contributed by atoms with Gasteiger partial charge in [0.1, 0.15) is 17.7 Å². The molecule has 3 aromatic heterocycles. The Balaban J connectivity index is 1.88. The summed E-state index contributed by atoms with van der Waals surface area (Å²) in [5.41, 5.74) is 5.61. The molecular weight excluding hydrogens is 264 g/mol. The van der Waals surface area contributed by atoms with Gasteiger partial charge in [0.2, 0.25) is 0 Å². The Bertz CT molecular complexity index is 920. The third-order valence-electron chi connectivity index (χ3n) is 3.39. The molecule has 0 amide bonds. The number of H-pyrrole nitrogens is 1. The van der Waals surface area contributed by atoms with Crippen molar-refractivity contribution >= 4 is 5.65 Å². The summed E-state index contributed by atoms with van der Waals surface area (Å²) in [6.07, 6.45) is 3.43. The predicted octanol–water partition coefficient (Wildman–Crippen LogP) is 2.49. The fraction of sp³-hybridized carbons (Fsp3) is 0.0667. The minimum Gasteiger partial charge on any atom is -0.220 e. The summed E-state index contributed by atoms with van der Waals surface area (Å²) in [6, 6.07) is 12.1. The second-order valence-electron chi connectivity index (χ2n) is 4.87. The largest absolute Gasteiger partial charge is 0.220 e. The maximum atomic E-state index is 4.29. The fourth-order valence-electron chi connectivity index (χ4n) is 2.38. The molecule has 6 heteroatoms. The Hall–Kier alpha value is -3.02. The van der Waals surface area contributed by atoms with Crippen LogP contribution in [0, 0.1) is 6.92 Å². The molecule has 6 nitrogen and oxygen atoms in total. The van der Waals surface area contributed by atoms with Crippen molar-refractivity contribution in [3.63, 3.8) is 0 Å². The maximum Gasteiger partial charge on any atom is 0.155 e. The van der Waals surface area contributed by atoms with E-state index in [-0.39, 0.29) is 0 Å². The molecule has 3 heterocycles. The van der Waals surface area contributed by atoms with Crippen LogP contribution >= 0.6 is 0 Å². The number of hydrogen-bond donors (Lipinski definition) is 1. The Kier molecular flexibility index (Phi) is 2.53. The smallest absolute Gasteiger partial charge is 0.155 e. The van der Waals surface area contributed by atoms with E-state index in [1.54, 1.807) is 4.52 Å². The molecule has 0 unspecified atom stereocenters. The molecule has 0 atom stereocenters. The van der Waals surface area contributed by atoms with Gasteiger partial charge in [0.25, 0.3) is 0 Å². The van der Waals surface area contributed by atoms with Crippen LogP contribution in [0.1, 0.15) is 5.56 Å². The third-order valence-corrected chi connectivity index (χ3v) is 3.39. The lowest BCUT2D eigenvalue weighted by molar-refractivity contribution is 0.939. The SMILES string of the molecule is Cc1cccc(-c2n[nH]nc2-c2ccc3ncnn3c2)c1. The van der Waals surface area contributed by atoms with Gasteiger partial charge in [-0.1, -0.05) is 23.8 Å². The van der Waals surface area contributed by atoms with Gasteiger partial charge >= 0.3 is 0 Å². The van der Waals surface area contributed by atoms with Crippen molar-refractivity contribution in [2.45, 2.75) is 6.92 Å². The van der Waals surface area contributed by atoms with Crippen molar-refractivity contribution in [3.8, 4) is 22.5 Å². The maximum absolute atomic E-state index is 4.29. The van der Waals surface area contributed by atoms with Crippen molar-refractivity contribution in [3.05, 3.63) is 54.5 Å². The lowest BCUT2D eigenvalue weighted by Gasteiger charge is -2.03. The number of pyridine rings is 1. The number of nitrogens with zero attached hydrogens (tertiary/aromatic N) is 5. The molecule has 21 heavy (non-hydrogen) atoms. The Labute approximate surface area is 120 Å². The van der Waals surface area contributed by atoms with E-state index in [1.165, 1.54) is 11.9 Å². The highest BCUT2D eigenvalue weighted by Gasteiger charge is 2.13. The first-order valence-corrected chi connectivity index (χ1v) is 6.59. The van der Waals surface area contributed by atoms with Crippen molar-refractivity contribution in [2.75, 3.05) is 0 Å². The summed E-state index contributed by atoms with van der Waals surface area (Å²) in [4.78, 5) is 4.14. The molecule has 0 aliphatic rings. The number of rotatable bonds is 2. The molecule has 0 saturated carbocycles. The Morgan fingerprint density at radius 2 is 1.86 bits per heavy atom. The topological polar surface area (TPSA) is 71.8 Å². The molecule has 0 saturated heterocycles. The molecule has 0 aliphatic heterocycles. The molecule has 4 aromatic rings. The van der Waals surface area contributed by atoms with Gasteiger partial charge in [-0.3, -0.25) is 0 Å². The number of aryl methyl sites for hydroxylation is 1. The lowest BCUT2D eigenvalue weighted by atomic mass is 10.0. The molecule has 1 N–H and O–H groups in total. The summed E-state index contributed by atoms with van der Waals surface area (Å²) in [6.45, 7) is 2.06. The van der Waals surface area contributed by atoms with E-state index in [9.17, 15) is 0 Å². The highest BCUT2D eigenvalue weighted by Crippen LogP contribution is 2.28. The molecule has 1 aromatic carbocycles. The van der Waals surface area contributed by atoms with E-state index in [1.807, 2.05) is 30.5 Å². The number of benzene rings is 1. The van der Waals surface area contributed by atoms with Gasteiger partial charge in [-0.25, -0.2) is 9.50 Å². The minimum absolute atomic E-state index is 0.804. The van der Waals surface area contributed by atoms with E-state index in [0.29, 0.717) is 0 Å². The van der Waals surface area contributed by atoms with Crippen LogP contribution in [0.5, 0.6) is 0 Å². The minimum atomic E-state index is 0.804. The van der Waals surface area contributed by atoms with Crippen LogP contribution in [0.25, 0.3) is 28.2 Å². The van der Waals surface area contributed by atoms with Crippen molar-refractivity contribution in [1.29, 1.82) is 0 Å². The molecule has 0 spiro atoms. The van der Waals surface area contributed by atoms with Crippen LogP contribution in [0.2, 0.25) is 0 Å². The molecule has 0 bridgehead atoms. The fourth-order valence-corrected chi connectivity index (χ4v) is 2.38. The van der Waals surface area contributed by atoms with E-state index >= 15 is 0 Å². The molecule has 0 radical (unpaired) electrons. The quantitative estimate of drug-likeness (QED) is 0.610. The standard InChI is InChI=1S/C15H12N6/c1-10-3-2-4-11(7-10)14-15(19-20-18-14)12-5-6-13-16-9-17-21(13)8-12/h2-9H,1H3,(H,18,19,20). The van der Waals surface area contributed by atoms with E-state index < -0.39 is 0 Å². The number of fused-ring (bicyclic) bond motifs is 1. The summed E-state index contributed by atoms with van der Waals surface area (Å²) < 4.78 is 1.73. The third kappa shape index (κ3) is 1.97. The zero-order valence-corrected chi connectivity index (χ0v) is 11.4. The van der Waals surface area contributed by atoms with Gasteiger partial charge in [0.05, 0.1) is 0 Å². The van der Waals surface area contributed by atoms with Crippen molar-refractivity contribution < 1.29 is 0 Å². The van der Waals surface area contributed by atoms with Gasteiger partial charge < -0.3 is 0 Å². The highest BCUT2D eigenvalue weighted by atomic mass is 15.3. The summed E-state index contributed by atoms with van der Waals surface area (Å²) in [5, 5.41) is 15.4. The van der Waals surface area contributed by atoms with Crippen molar-refractivity contribution in [1.82, 2.24) is 30.0 Å². The normalized spacial score (nSPS) is 11.1. The van der Waals surface area contributed by atoms with E-state index in [2.05, 4.69) is 44.5 Å². The van der Waals surface area contributed by atoms with E-state index in [0.717, 1.165) is 28.2 Å². The Morgan fingerprint density at radius 1 is 1.00 bits per heavy atom. The summed E-state index contributed by atoms with van der Waals surface area (Å²) in [5.74, 6) is 0. The number of hydrogen-bond acceptors (Lipinski definition) is 4.